The topological polar surface area (TPSA) is 45.7 Å². The van der Waals surface area contributed by atoms with Crippen LogP contribution in [-0.4, -0.2) is 38.9 Å². The number of halogens is 4. The van der Waals surface area contributed by atoms with E-state index in [2.05, 4.69) is 15.6 Å². The van der Waals surface area contributed by atoms with Crippen molar-refractivity contribution in [1.82, 2.24) is 10.6 Å². The van der Waals surface area contributed by atoms with Gasteiger partial charge in [0.05, 0.1) is 13.0 Å². The van der Waals surface area contributed by atoms with Crippen LogP contribution < -0.4 is 15.4 Å². The first-order valence-electron chi connectivity index (χ1n) is 8.11. The standard InChI is InChI=1S/C18H22F3N3O.HI/c1-22-17(24-11-9-18(19,20)21)23-10-4-12-25-16-8-7-14-5-2-3-6-15(14)13-16;/h2-3,5-8,13H,4,9-12H2,1H3,(H2,22,23,24);1H. The molecule has 0 atom stereocenters. The number of rotatable bonds is 7. The van der Waals surface area contributed by atoms with E-state index in [1.165, 1.54) is 7.05 Å². The van der Waals surface area contributed by atoms with Crippen molar-refractivity contribution < 1.29 is 17.9 Å². The van der Waals surface area contributed by atoms with Gasteiger partial charge in [0.15, 0.2) is 5.96 Å². The summed E-state index contributed by atoms with van der Waals surface area (Å²) in [6.07, 6.45) is -4.36. The summed E-state index contributed by atoms with van der Waals surface area (Å²) in [6, 6.07) is 14.0. The van der Waals surface area contributed by atoms with Crippen LogP contribution in [-0.2, 0) is 0 Å². The molecule has 0 fully saturated rings. The van der Waals surface area contributed by atoms with Crippen molar-refractivity contribution in [3.05, 3.63) is 42.5 Å². The Morgan fingerprint density at radius 2 is 1.73 bits per heavy atom. The third-order valence-electron chi connectivity index (χ3n) is 3.53. The van der Waals surface area contributed by atoms with Crippen LogP contribution in [0.1, 0.15) is 12.8 Å². The summed E-state index contributed by atoms with van der Waals surface area (Å²) >= 11 is 0. The summed E-state index contributed by atoms with van der Waals surface area (Å²) in [4.78, 5) is 3.88. The maximum atomic E-state index is 12.1. The number of aliphatic imine (C=N–C) groups is 1. The molecule has 0 saturated heterocycles. The first-order chi connectivity index (χ1) is 12.0. The van der Waals surface area contributed by atoms with Crippen LogP contribution in [0.4, 0.5) is 13.2 Å². The number of fused-ring (bicyclic) bond motifs is 1. The molecule has 0 radical (unpaired) electrons. The van der Waals surface area contributed by atoms with Crippen LogP contribution in [0.15, 0.2) is 47.5 Å². The molecule has 0 saturated carbocycles. The maximum absolute atomic E-state index is 12.1. The Kier molecular flexibility index (Phi) is 9.53. The summed E-state index contributed by atoms with van der Waals surface area (Å²) in [7, 11) is 1.52. The van der Waals surface area contributed by atoms with E-state index in [0.29, 0.717) is 25.5 Å². The Morgan fingerprint density at radius 1 is 1.04 bits per heavy atom. The molecule has 8 heteroatoms. The molecule has 0 unspecified atom stereocenters. The van der Waals surface area contributed by atoms with Gasteiger partial charge in [0.25, 0.3) is 0 Å². The molecule has 0 aliphatic heterocycles. The van der Waals surface area contributed by atoms with E-state index >= 15 is 0 Å². The number of nitrogens with one attached hydrogen (secondary N) is 2. The van der Waals surface area contributed by atoms with Crippen molar-refractivity contribution >= 4 is 40.7 Å². The number of hydrogen-bond acceptors (Lipinski definition) is 2. The third-order valence-corrected chi connectivity index (χ3v) is 3.53. The van der Waals surface area contributed by atoms with Gasteiger partial charge in [0, 0.05) is 20.1 Å². The second-order valence-electron chi connectivity index (χ2n) is 5.50. The average Bonchev–Trinajstić information content (AvgIpc) is 2.58. The molecule has 0 aliphatic rings. The first-order valence-corrected chi connectivity index (χ1v) is 8.11. The summed E-state index contributed by atoms with van der Waals surface area (Å²) in [5, 5.41) is 7.87. The predicted molar refractivity (Wildman–Crippen MR) is 110 cm³/mol. The normalized spacial score (nSPS) is 11.8. The SMILES string of the molecule is CN=C(NCCCOc1ccc2ccccc2c1)NCCC(F)(F)F.I. The smallest absolute Gasteiger partial charge is 0.390 e. The highest BCUT2D eigenvalue weighted by Gasteiger charge is 2.26. The van der Waals surface area contributed by atoms with Gasteiger partial charge in [0.2, 0.25) is 0 Å². The van der Waals surface area contributed by atoms with Gasteiger partial charge >= 0.3 is 6.18 Å². The van der Waals surface area contributed by atoms with E-state index in [1.807, 2.05) is 42.5 Å². The number of nitrogens with zero attached hydrogens (tertiary/aromatic N) is 1. The largest absolute Gasteiger partial charge is 0.494 e. The van der Waals surface area contributed by atoms with Gasteiger partial charge in [0.1, 0.15) is 5.75 Å². The van der Waals surface area contributed by atoms with Gasteiger partial charge in [-0.1, -0.05) is 30.3 Å². The lowest BCUT2D eigenvalue weighted by molar-refractivity contribution is -0.132. The molecular weight excluding hydrogens is 458 g/mol. The fourth-order valence-electron chi connectivity index (χ4n) is 2.27. The minimum absolute atomic E-state index is 0. The fraction of sp³-hybridized carbons (Fsp3) is 0.389. The number of ether oxygens (including phenoxy) is 1. The quantitative estimate of drug-likeness (QED) is 0.268. The van der Waals surface area contributed by atoms with Crippen LogP contribution in [0.3, 0.4) is 0 Å². The minimum atomic E-state index is -4.17. The Hall–Kier alpha value is -1.71. The molecule has 0 heterocycles. The van der Waals surface area contributed by atoms with Crippen molar-refractivity contribution in [2.24, 2.45) is 4.99 Å². The van der Waals surface area contributed by atoms with Crippen molar-refractivity contribution in [2.45, 2.75) is 19.0 Å². The zero-order chi connectivity index (χ0) is 18.1. The Bertz CT molecular complexity index is 707. The predicted octanol–water partition coefficient (Wildman–Crippen LogP) is 4.34. The van der Waals surface area contributed by atoms with Gasteiger partial charge in [-0.3, -0.25) is 4.99 Å². The van der Waals surface area contributed by atoms with E-state index in [1.54, 1.807) is 0 Å². The van der Waals surface area contributed by atoms with E-state index in [0.717, 1.165) is 16.5 Å². The second kappa shape index (κ2) is 11.1. The lowest BCUT2D eigenvalue weighted by atomic mass is 10.1. The number of benzene rings is 2. The van der Waals surface area contributed by atoms with Crippen LogP contribution in [0.2, 0.25) is 0 Å². The lowest BCUT2D eigenvalue weighted by Crippen LogP contribution is -2.39. The highest BCUT2D eigenvalue weighted by Crippen LogP contribution is 2.20. The minimum Gasteiger partial charge on any atom is -0.494 e. The molecule has 2 N–H and O–H groups in total. The Morgan fingerprint density at radius 3 is 2.42 bits per heavy atom. The molecule has 0 bridgehead atoms. The van der Waals surface area contributed by atoms with Gasteiger partial charge in [-0.25, -0.2) is 0 Å². The second-order valence-corrected chi connectivity index (χ2v) is 5.50. The molecule has 0 spiro atoms. The molecule has 26 heavy (non-hydrogen) atoms. The fourth-order valence-corrected chi connectivity index (χ4v) is 2.27. The molecule has 2 aromatic rings. The van der Waals surface area contributed by atoms with Gasteiger partial charge in [-0.2, -0.15) is 13.2 Å². The molecule has 4 nitrogen and oxygen atoms in total. The number of guanidine groups is 1. The molecule has 2 rings (SSSR count). The zero-order valence-electron chi connectivity index (χ0n) is 14.5. The maximum Gasteiger partial charge on any atom is 0.390 e. The summed E-state index contributed by atoms with van der Waals surface area (Å²) in [5.74, 6) is 1.15. The summed E-state index contributed by atoms with van der Waals surface area (Å²) < 4.78 is 42.0. The monoisotopic (exact) mass is 481 g/mol. The summed E-state index contributed by atoms with van der Waals surface area (Å²) in [6.45, 7) is 0.862. The molecule has 144 valence electrons. The van der Waals surface area contributed by atoms with Crippen molar-refractivity contribution in [2.75, 3.05) is 26.7 Å². The van der Waals surface area contributed by atoms with Gasteiger partial charge in [-0.15, -0.1) is 24.0 Å². The van der Waals surface area contributed by atoms with E-state index in [9.17, 15) is 13.2 Å². The highest BCUT2D eigenvalue weighted by molar-refractivity contribution is 14.0. The number of alkyl halides is 3. The van der Waals surface area contributed by atoms with E-state index < -0.39 is 12.6 Å². The molecular formula is C18H23F3IN3O. The van der Waals surface area contributed by atoms with Crippen molar-refractivity contribution in [3.63, 3.8) is 0 Å². The van der Waals surface area contributed by atoms with Crippen LogP contribution in [0.5, 0.6) is 5.75 Å². The van der Waals surface area contributed by atoms with Crippen molar-refractivity contribution in [3.8, 4) is 5.75 Å². The van der Waals surface area contributed by atoms with E-state index in [-0.39, 0.29) is 30.5 Å². The highest BCUT2D eigenvalue weighted by atomic mass is 127. The lowest BCUT2D eigenvalue weighted by Gasteiger charge is -2.13. The zero-order valence-corrected chi connectivity index (χ0v) is 16.8. The number of hydrogen-bond donors (Lipinski definition) is 2. The molecule has 0 aromatic heterocycles. The van der Waals surface area contributed by atoms with Crippen LogP contribution in [0.25, 0.3) is 10.8 Å². The average molecular weight is 481 g/mol. The molecule has 0 aliphatic carbocycles. The van der Waals surface area contributed by atoms with Gasteiger partial charge < -0.3 is 15.4 Å². The van der Waals surface area contributed by atoms with E-state index in [4.69, 9.17) is 4.74 Å². The van der Waals surface area contributed by atoms with Crippen LogP contribution >= 0.6 is 24.0 Å². The van der Waals surface area contributed by atoms with Crippen LogP contribution in [0, 0.1) is 0 Å². The molecule has 2 aromatic carbocycles. The summed E-state index contributed by atoms with van der Waals surface area (Å²) in [5.41, 5.74) is 0. The van der Waals surface area contributed by atoms with Gasteiger partial charge in [-0.05, 0) is 29.3 Å². The first kappa shape index (κ1) is 22.3. The Balaban J connectivity index is 0.00000338. The Labute approximate surface area is 168 Å². The van der Waals surface area contributed by atoms with Crippen molar-refractivity contribution in [1.29, 1.82) is 0 Å². The molecule has 0 amide bonds. The third kappa shape index (κ3) is 8.11.